The zero-order valence-corrected chi connectivity index (χ0v) is 26.1. The van der Waals surface area contributed by atoms with Crippen molar-refractivity contribution in [2.45, 2.75) is 49.9 Å². The fraction of sp³-hybridized carbons (Fsp3) is 0.276. The Morgan fingerprint density at radius 2 is 2.10 bits per heavy atom. The van der Waals surface area contributed by atoms with Gasteiger partial charge in [0.25, 0.3) is 5.56 Å². The van der Waals surface area contributed by atoms with Gasteiger partial charge in [0.15, 0.2) is 15.1 Å². The number of hydrogen-bond donors (Lipinski definition) is 0. The molecule has 3 aromatic heterocycles. The molecule has 0 spiro atoms. The fourth-order valence-corrected chi connectivity index (χ4v) is 6.76. The summed E-state index contributed by atoms with van der Waals surface area (Å²) in [6.07, 6.45) is 4.71. The molecule has 1 aliphatic rings. The lowest BCUT2D eigenvalue weighted by Crippen LogP contribution is -2.40. The van der Waals surface area contributed by atoms with Gasteiger partial charge in [-0.3, -0.25) is 9.36 Å². The molecule has 0 saturated carbocycles. The number of fused-ring (bicyclic) bond motifs is 1. The molecule has 5 rings (SSSR count). The molecule has 0 amide bonds. The van der Waals surface area contributed by atoms with E-state index in [-0.39, 0.29) is 12.2 Å². The van der Waals surface area contributed by atoms with Crippen LogP contribution in [-0.2, 0) is 9.53 Å². The van der Waals surface area contributed by atoms with E-state index in [4.69, 9.17) is 18.9 Å². The summed E-state index contributed by atoms with van der Waals surface area (Å²) < 4.78 is 19.7. The highest BCUT2D eigenvalue weighted by atomic mass is 79.9. The first kappa shape index (κ1) is 29.0. The summed E-state index contributed by atoms with van der Waals surface area (Å²) in [6, 6.07) is 10.3. The second kappa shape index (κ2) is 12.6. The summed E-state index contributed by atoms with van der Waals surface area (Å²) in [4.78, 5) is 41.3. The Morgan fingerprint density at radius 3 is 2.83 bits per heavy atom. The number of aromatic nitrogens is 3. The third-order valence-corrected chi connectivity index (χ3v) is 8.91. The van der Waals surface area contributed by atoms with E-state index in [2.05, 4.69) is 25.9 Å². The zero-order chi connectivity index (χ0) is 29.1. The van der Waals surface area contributed by atoms with Crippen LogP contribution in [0.1, 0.15) is 49.7 Å². The zero-order valence-electron chi connectivity index (χ0n) is 22.8. The monoisotopic (exact) mass is 654 g/mol. The SMILES string of the molecule is CCCC1=C(C(=O)OCC)[C@H](c2cccc(OC)c2)n2c(s/c(=C/c3cc(Br)c(Sc4nccc(C)n4)o3)c2=O)=N1. The number of allylic oxidation sites excluding steroid dienone is 1. The number of hydrogen-bond acceptors (Lipinski definition) is 10. The molecule has 0 saturated heterocycles. The molecule has 4 heterocycles. The summed E-state index contributed by atoms with van der Waals surface area (Å²) in [5.74, 6) is 0.607. The van der Waals surface area contributed by atoms with Crippen LogP contribution in [0.5, 0.6) is 5.75 Å². The first-order valence-corrected chi connectivity index (χ1v) is 15.4. The van der Waals surface area contributed by atoms with Crippen LogP contribution in [0, 0.1) is 6.92 Å². The van der Waals surface area contributed by atoms with Crippen molar-refractivity contribution in [1.29, 1.82) is 0 Å². The molecule has 0 N–H and O–H groups in total. The van der Waals surface area contributed by atoms with E-state index in [9.17, 15) is 9.59 Å². The molecular formula is C29H27BrN4O5S2. The van der Waals surface area contributed by atoms with Gasteiger partial charge in [0.05, 0.1) is 40.0 Å². The molecule has 12 heteroatoms. The van der Waals surface area contributed by atoms with Gasteiger partial charge in [-0.15, -0.1) is 0 Å². The maximum Gasteiger partial charge on any atom is 0.338 e. The van der Waals surface area contributed by atoms with Gasteiger partial charge in [-0.25, -0.2) is 19.8 Å². The first-order chi connectivity index (χ1) is 19.8. The van der Waals surface area contributed by atoms with Crippen molar-refractivity contribution in [3.8, 4) is 5.75 Å². The summed E-state index contributed by atoms with van der Waals surface area (Å²) in [6.45, 7) is 5.88. The van der Waals surface area contributed by atoms with Gasteiger partial charge in [-0.2, -0.15) is 0 Å². The Bertz CT molecular complexity index is 1820. The topological polar surface area (TPSA) is 109 Å². The summed E-state index contributed by atoms with van der Waals surface area (Å²) >= 11 is 6.07. The Kier molecular flexibility index (Phi) is 8.91. The van der Waals surface area contributed by atoms with Crippen LogP contribution >= 0.6 is 39.0 Å². The number of carbonyl (C=O) groups is 1. The number of carbonyl (C=O) groups excluding carboxylic acids is 1. The standard InChI is InChI=1S/C29H27BrN4O5S2/c1-5-8-21-23(26(36)38-6-2)24(17-9-7-10-18(13-17)37-4)34-25(35)22(40-29(34)33-21)15-19-14-20(30)27(39-19)41-28-31-12-11-16(3)32-28/h7,9-15,24H,5-6,8H2,1-4H3/b22-15+/t24-/m0/s1. The molecule has 212 valence electrons. The largest absolute Gasteiger partial charge is 0.497 e. The molecule has 41 heavy (non-hydrogen) atoms. The van der Waals surface area contributed by atoms with Crippen LogP contribution < -0.4 is 19.6 Å². The van der Waals surface area contributed by atoms with E-state index >= 15 is 0 Å². The van der Waals surface area contributed by atoms with Crippen LogP contribution in [0.4, 0.5) is 0 Å². The Hall–Kier alpha value is -3.48. The quantitative estimate of drug-likeness (QED) is 0.179. The Labute approximate surface area is 252 Å². The smallest absolute Gasteiger partial charge is 0.338 e. The Balaban J connectivity index is 1.64. The van der Waals surface area contributed by atoms with Crippen molar-refractivity contribution >= 4 is 51.1 Å². The number of ether oxygens (including phenoxy) is 2. The number of nitrogens with zero attached hydrogens (tertiary/aromatic N) is 4. The van der Waals surface area contributed by atoms with Crippen molar-refractivity contribution in [3.63, 3.8) is 0 Å². The van der Waals surface area contributed by atoms with Gasteiger partial charge in [-0.1, -0.05) is 36.8 Å². The number of rotatable bonds is 9. The summed E-state index contributed by atoms with van der Waals surface area (Å²) in [5.41, 5.74) is 2.26. The van der Waals surface area contributed by atoms with Crippen molar-refractivity contribution in [2.75, 3.05) is 13.7 Å². The number of halogens is 1. The molecule has 1 aromatic carbocycles. The third-order valence-electron chi connectivity index (χ3n) is 6.21. The molecule has 0 bridgehead atoms. The highest BCUT2D eigenvalue weighted by Crippen LogP contribution is 2.35. The van der Waals surface area contributed by atoms with E-state index in [1.54, 1.807) is 36.9 Å². The van der Waals surface area contributed by atoms with E-state index in [0.717, 1.165) is 22.2 Å². The van der Waals surface area contributed by atoms with Crippen LogP contribution in [-0.4, -0.2) is 34.2 Å². The third kappa shape index (κ3) is 6.09. The molecule has 1 aliphatic heterocycles. The maximum absolute atomic E-state index is 14.0. The minimum atomic E-state index is -0.725. The van der Waals surface area contributed by atoms with Gasteiger partial charge < -0.3 is 13.9 Å². The van der Waals surface area contributed by atoms with Gasteiger partial charge >= 0.3 is 5.97 Å². The molecule has 0 radical (unpaired) electrons. The molecule has 9 nitrogen and oxygen atoms in total. The predicted molar refractivity (Wildman–Crippen MR) is 160 cm³/mol. The second-order valence-electron chi connectivity index (χ2n) is 9.06. The number of benzene rings is 1. The van der Waals surface area contributed by atoms with Crippen LogP contribution in [0.2, 0.25) is 0 Å². The summed E-state index contributed by atoms with van der Waals surface area (Å²) in [7, 11) is 1.58. The molecule has 4 aromatic rings. The molecule has 0 unspecified atom stereocenters. The molecule has 1 atom stereocenters. The Morgan fingerprint density at radius 1 is 1.27 bits per heavy atom. The van der Waals surface area contributed by atoms with Crippen molar-refractivity contribution in [1.82, 2.24) is 14.5 Å². The van der Waals surface area contributed by atoms with Crippen LogP contribution in [0.25, 0.3) is 6.08 Å². The highest BCUT2D eigenvalue weighted by molar-refractivity contribution is 9.10. The minimum Gasteiger partial charge on any atom is -0.497 e. The van der Waals surface area contributed by atoms with Gasteiger partial charge in [0, 0.05) is 18.0 Å². The van der Waals surface area contributed by atoms with Gasteiger partial charge in [-0.05, 0) is 77.8 Å². The molecule has 0 fully saturated rings. The lowest BCUT2D eigenvalue weighted by molar-refractivity contribution is -0.139. The van der Waals surface area contributed by atoms with E-state index in [1.807, 2.05) is 44.2 Å². The van der Waals surface area contributed by atoms with Crippen LogP contribution in [0.15, 0.2) is 82.8 Å². The van der Waals surface area contributed by atoms with Gasteiger partial charge in [0.1, 0.15) is 11.5 Å². The molecular weight excluding hydrogens is 628 g/mol. The minimum absolute atomic E-state index is 0.207. The normalized spacial score (nSPS) is 15.0. The lowest BCUT2D eigenvalue weighted by atomic mass is 9.94. The van der Waals surface area contributed by atoms with Gasteiger partial charge in [0.2, 0.25) is 0 Å². The number of thiazole rings is 1. The average molecular weight is 656 g/mol. The number of esters is 1. The molecule has 0 aliphatic carbocycles. The first-order valence-electron chi connectivity index (χ1n) is 13.0. The van der Waals surface area contributed by atoms with Crippen molar-refractivity contribution in [2.24, 2.45) is 4.99 Å². The van der Waals surface area contributed by atoms with Crippen molar-refractivity contribution in [3.05, 3.63) is 95.0 Å². The van der Waals surface area contributed by atoms with E-state index < -0.39 is 12.0 Å². The van der Waals surface area contributed by atoms with Crippen molar-refractivity contribution < 1.29 is 18.7 Å². The van der Waals surface area contributed by atoms with E-state index in [0.29, 0.717) is 48.8 Å². The second-order valence-corrected chi connectivity index (χ2v) is 11.9. The van der Waals surface area contributed by atoms with E-state index in [1.165, 1.54) is 23.1 Å². The average Bonchev–Trinajstić information content (AvgIpc) is 3.45. The lowest BCUT2D eigenvalue weighted by Gasteiger charge is -2.26. The predicted octanol–water partition coefficient (Wildman–Crippen LogP) is 5.19. The van der Waals surface area contributed by atoms with Crippen LogP contribution in [0.3, 0.4) is 0 Å². The fourth-order valence-electron chi connectivity index (χ4n) is 4.44. The summed E-state index contributed by atoms with van der Waals surface area (Å²) in [5, 5.41) is 1.12. The number of furan rings is 1. The maximum atomic E-state index is 14.0. The number of methoxy groups -OCH3 is 1. The highest BCUT2D eigenvalue weighted by Gasteiger charge is 2.34. The number of aryl methyl sites for hydroxylation is 1.